The third-order valence-corrected chi connectivity index (χ3v) is 5.41. The summed E-state index contributed by atoms with van der Waals surface area (Å²) in [4.78, 5) is 41.9. The van der Waals surface area contributed by atoms with Gasteiger partial charge in [-0.25, -0.2) is 9.67 Å². The van der Waals surface area contributed by atoms with Crippen molar-refractivity contribution in [1.82, 2.24) is 19.3 Å². The Bertz CT molecular complexity index is 1680. The van der Waals surface area contributed by atoms with Crippen LogP contribution in [0.5, 0.6) is 0 Å². The number of hydrogen-bond donors (Lipinski definition) is 2. The lowest BCUT2D eigenvalue weighted by Gasteiger charge is -2.10. The maximum atomic E-state index is 13.2. The van der Waals surface area contributed by atoms with Crippen LogP contribution >= 0.6 is 0 Å². The Labute approximate surface area is 193 Å². The topological polar surface area (TPSA) is 115 Å². The summed E-state index contributed by atoms with van der Waals surface area (Å²) in [6, 6.07) is 12.6. The number of hydrogen-bond acceptors (Lipinski definition) is 5. The van der Waals surface area contributed by atoms with Gasteiger partial charge < -0.3 is 8.98 Å². The number of imidazole rings is 1. The molecule has 0 aliphatic heterocycles. The highest BCUT2D eigenvalue weighted by molar-refractivity contribution is 5.91. The molecular formula is C23H16F3N5O4. The lowest BCUT2D eigenvalue weighted by Crippen LogP contribution is -2.34. The average Bonchev–Trinajstić information content (AvgIpc) is 3.45. The second-order valence-electron chi connectivity index (χ2n) is 7.73. The average molecular weight is 483 g/mol. The number of alkyl halides is 3. The van der Waals surface area contributed by atoms with E-state index in [0.29, 0.717) is 11.3 Å². The Morgan fingerprint density at radius 2 is 1.83 bits per heavy atom. The molecule has 35 heavy (non-hydrogen) atoms. The van der Waals surface area contributed by atoms with Crippen LogP contribution in [0.2, 0.25) is 0 Å². The predicted octanol–water partition coefficient (Wildman–Crippen LogP) is 3.34. The van der Waals surface area contributed by atoms with Crippen LogP contribution in [-0.4, -0.2) is 25.2 Å². The van der Waals surface area contributed by atoms with E-state index >= 15 is 0 Å². The number of nitrogens with zero attached hydrogens (tertiary/aromatic N) is 3. The van der Waals surface area contributed by atoms with Crippen LogP contribution in [0.25, 0.3) is 21.8 Å². The number of aromatic nitrogens is 4. The van der Waals surface area contributed by atoms with Crippen LogP contribution in [0.1, 0.15) is 11.3 Å². The summed E-state index contributed by atoms with van der Waals surface area (Å²) in [5.41, 5.74) is -1.66. The van der Waals surface area contributed by atoms with Gasteiger partial charge in [0.05, 0.1) is 40.2 Å². The van der Waals surface area contributed by atoms with E-state index in [9.17, 15) is 27.6 Å². The number of carbonyl (C=O) groups excluding carboxylic acids is 1. The third kappa shape index (κ3) is 4.21. The Kier molecular flexibility index (Phi) is 5.27. The normalized spacial score (nSPS) is 11.9. The van der Waals surface area contributed by atoms with E-state index in [1.165, 1.54) is 29.0 Å². The van der Waals surface area contributed by atoms with E-state index in [2.05, 4.69) is 15.4 Å². The first-order valence-corrected chi connectivity index (χ1v) is 10.3. The fourth-order valence-electron chi connectivity index (χ4n) is 3.79. The van der Waals surface area contributed by atoms with Gasteiger partial charge in [0.25, 0.3) is 11.1 Å². The van der Waals surface area contributed by atoms with Crippen molar-refractivity contribution in [1.29, 1.82) is 0 Å². The molecule has 2 aromatic carbocycles. The second-order valence-corrected chi connectivity index (χ2v) is 7.73. The monoisotopic (exact) mass is 483 g/mol. The van der Waals surface area contributed by atoms with Gasteiger partial charge in [0.2, 0.25) is 11.9 Å². The van der Waals surface area contributed by atoms with Crippen molar-refractivity contribution in [2.45, 2.75) is 19.3 Å². The minimum absolute atomic E-state index is 0.0120. The van der Waals surface area contributed by atoms with Crippen molar-refractivity contribution in [3.05, 3.63) is 92.9 Å². The van der Waals surface area contributed by atoms with Crippen LogP contribution in [0.15, 0.2) is 74.9 Å². The first-order chi connectivity index (χ1) is 16.7. The van der Waals surface area contributed by atoms with Crippen LogP contribution in [0.4, 0.5) is 19.1 Å². The van der Waals surface area contributed by atoms with E-state index < -0.39 is 35.3 Å². The van der Waals surface area contributed by atoms with Gasteiger partial charge in [-0.1, -0.05) is 12.1 Å². The molecule has 2 N–H and O–H groups in total. The van der Waals surface area contributed by atoms with Gasteiger partial charge >= 0.3 is 6.18 Å². The summed E-state index contributed by atoms with van der Waals surface area (Å²) in [5, 5.41) is 5.22. The number of amides is 1. The van der Waals surface area contributed by atoms with Crippen LogP contribution < -0.4 is 16.4 Å². The van der Waals surface area contributed by atoms with Crippen molar-refractivity contribution >= 4 is 33.7 Å². The van der Waals surface area contributed by atoms with Gasteiger partial charge in [0.15, 0.2) is 0 Å². The predicted molar refractivity (Wildman–Crippen MR) is 120 cm³/mol. The van der Waals surface area contributed by atoms with Crippen molar-refractivity contribution in [3.8, 4) is 0 Å². The number of nitrogens with one attached hydrogen (secondary N) is 2. The number of rotatable bonds is 5. The molecular weight excluding hydrogens is 467 g/mol. The van der Waals surface area contributed by atoms with Gasteiger partial charge in [-0.3, -0.25) is 24.8 Å². The van der Waals surface area contributed by atoms with Crippen molar-refractivity contribution < 1.29 is 22.4 Å². The number of benzene rings is 2. The molecule has 12 heteroatoms. The summed E-state index contributed by atoms with van der Waals surface area (Å²) < 4.78 is 47.2. The van der Waals surface area contributed by atoms with E-state index in [4.69, 9.17) is 4.42 Å². The molecule has 0 unspecified atom stereocenters. The molecule has 5 rings (SSSR count). The zero-order valence-corrected chi connectivity index (χ0v) is 17.8. The standard InChI is InChI=1S/C23H16F3N5O4/c24-23(25,26)13-7-8-18-17(10-13)27-22(30(18)11-14-4-3-9-35-14)28-19(32)12-31-21(34)16-6-2-1-5-15(16)20(33)29-31/h1-10H,11-12H2,(H,29,33)(H,27,28,32). The molecule has 0 spiro atoms. The molecule has 0 aliphatic rings. The molecule has 0 radical (unpaired) electrons. The lowest BCUT2D eigenvalue weighted by atomic mass is 10.2. The first-order valence-electron chi connectivity index (χ1n) is 10.3. The number of halogens is 3. The molecule has 178 valence electrons. The largest absolute Gasteiger partial charge is 0.467 e. The molecule has 0 bridgehead atoms. The summed E-state index contributed by atoms with van der Waals surface area (Å²) in [5.74, 6) is -0.281. The number of anilines is 1. The Hall–Kier alpha value is -4.61. The van der Waals surface area contributed by atoms with Crippen molar-refractivity contribution in [2.24, 2.45) is 0 Å². The quantitative estimate of drug-likeness (QED) is 0.398. The van der Waals surface area contributed by atoms with Gasteiger partial charge in [0, 0.05) is 0 Å². The Morgan fingerprint density at radius 1 is 1.06 bits per heavy atom. The fraction of sp³-hybridized carbons (Fsp3) is 0.130. The van der Waals surface area contributed by atoms with E-state index in [1.807, 2.05) is 0 Å². The number of furan rings is 1. The van der Waals surface area contributed by atoms with Gasteiger partial charge in [0.1, 0.15) is 12.3 Å². The minimum Gasteiger partial charge on any atom is -0.467 e. The van der Waals surface area contributed by atoms with Crippen molar-refractivity contribution in [2.75, 3.05) is 5.32 Å². The molecule has 0 aliphatic carbocycles. The number of H-pyrrole nitrogens is 1. The molecule has 3 heterocycles. The first kappa shape index (κ1) is 22.2. The lowest BCUT2D eigenvalue weighted by molar-refractivity contribution is -0.137. The molecule has 0 saturated heterocycles. The zero-order chi connectivity index (χ0) is 24.7. The maximum Gasteiger partial charge on any atom is 0.416 e. The maximum absolute atomic E-state index is 13.2. The molecule has 9 nitrogen and oxygen atoms in total. The van der Waals surface area contributed by atoms with Crippen LogP contribution in [0.3, 0.4) is 0 Å². The zero-order valence-electron chi connectivity index (χ0n) is 17.8. The summed E-state index contributed by atoms with van der Waals surface area (Å²) in [6.45, 7) is -0.464. The second kappa shape index (κ2) is 8.31. The fourth-order valence-corrected chi connectivity index (χ4v) is 3.79. The number of aromatic amines is 1. The molecule has 0 atom stereocenters. The van der Waals surface area contributed by atoms with Crippen molar-refractivity contribution in [3.63, 3.8) is 0 Å². The number of fused-ring (bicyclic) bond motifs is 2. The smallest absolute Gasteiger partial charge is 0.416 e. The van der Waals surface area contributed by atoms with Crippen LogP contribution in [-0.2, 0) is 24.1 Å². The molecule has 1 amide bonds. The van der Waals surface area contributed by atoms with E-state index in [1.54, 1.807) is 24.3 Å². The van der Waals surface area contributed by atoms with E-state index in [0.717, 1.165) is 16.8 Å². The van der Waals surface area contributed by atoms with Gasteiger partial charge in [-0.2, -0.15) is 13.2 Å². The molecule has 5 aromatic rings. The highest BCUT2D eigenvalue weighted by atomic mass is 19.4. The molecule has 3 aromatic heterocycles. The third-order valence-electron chi connectivity index (χ3n) is 5.41. The molecule has 0 saturated carbocycles. The minimum atomic E-state index is -4.56. The molecule has 0 fully saturated rings. The summed E-state index contributed by atoms with van der Waals surface area (Å²) in [6.07, 6.45) is -3.12. The summed E-state index contributed by atoms with van der Waals surface area (Å²) in [7, 11) is 0. The highest BCUT2D eigenvalue weighted by Crippen LogP contribution is 2.32. The number of carbonyl (C=O) groups is 1. The van der Waals surface area contributed by atoms with Gasteiger partial charge in [-0.05, 0) is 42.5 Å². The van der Waals surface area contributed by atoms with E-state index in [-0.39, 0.29) is 28.8 Å². The Morgan fingerprint density at radius 3 is 2.54 bits per heavy atom. The van der Waals surface area contributed by atoms with Crippen LogP contribution in [0, 0.1) is 0 Å². The summed E-state index contributed by atoms with van der Waals surface area (Å²) >= 11 is 0. The van der Waals surface area contributed by atoms with Gasteiger partial charge in [-0.15, -0.1) is 0 Å². The SMILES string of the molecule is O=C(Cn1[nH]c(=O)c2ccccc2c1=O)Nc1nc2cc(C(F)(F)F)ccc2n1Cc1ccco1. The Balaban J connectivity index is 1.51. The highest BCUT2D eigenvalue weighted by Gasteiger charge is 2.31.